The summed E-state index contributed by atoms with van der Waals surface area (Å²) in [6.45, 7) is 9.57. The molecule has 1 saturated heterocycles. The Labute approximate surface area is 125 Å². The van der Waals surface area contributed by atoms with Gasteiger partial charge in [-0.3, -0.25) is 0 Å². The van der Waals surface area contributed by atoms with E-state index in [4.69, 9.17) is 0 Å². The van der Waals surface area contributed by atoms with Crippen LogP contribution in [-0.2, 0) is 0 Å². The quantitative estimate of drug-likeness (QED) is 0.753. The zero-order valence-corrected chi connectivity index (χ0v) is 13.5. The first-order valence-corrected chi connectivity index (χ1v) is 8.82. The Morgan fingerprint density at radius 3 is 2.55 bits per heavy atom. The van der Waals surface area contributed by atoms with Crippen LogP contribution in [0.1, 0.15) is 58.8 Å². The fraction of sp³-hybridized carbons (Fsp3) is 1.00. The Morgan fingerprint density at radius 1 is 1.20 bits per heavy atom. The molecule has 20 heavy (non-hydrogen) atoms. The number of nitrogens with zero attached hydrogens (tertiary/aromatic N) is 1. The normalized spacial score (nSPS) is 32.9. The summed E-state index contributed by atoms with van der Waals surface area (Å²) in [6, 6.07) is 0. The van der Waals surface area contributed by atoms with E-state index in [9.17, 15) is 5.11 Å². The SMILES string of the molecule is CCNC1(CO)CCCC1CCN1CCC(CC)CC1. The first kappa shape index (κ1) is 16.3. The molecule has 2 aliphatic rings. The zero-order chi connectivity index (χ0) is 14.4. The summed E-state index contributed by atoms with van der Waals surface area (Å²) in [6.07, 6.45) is 9.10. The molecular weight excluding hydrogens is 248 g/mol. The highest BCUT2D eigenvalue weighted by Crippen LogP contribution is 2.38. The van der Waals surface area contributed by atoms with E-state index in [1.807, 2.05) is 0 Å². The van der Waals surface area contributed by atoms with Crippen LogP contribution in [0.5, 0.6) is 0 Å². The minimum absolute atomic E-state index is 0.0243. The molecular formula is C17H34N2O. The standard InChI is InChI=1S/C17H34N2O/c1-3-15-7-11-19(12-8-15)13-9-16-6-5-10-17(16,14-20)18-4-2/h15-16,18,20H,3-14H2,1-2H3. The summed E-state index contributed by atoms with van der Waals surface area (Å²) in [4.78, 5) is 2.65. The second-order valence-electron chi connectivity index (χ2n) is 6.92. The molecule has 0 amide bonds. The van der Waals surface area contributed by atoms with Crippen LogP contribution < -0.4 is 5.32 Å². The molecule has 2 fully saturated rings. The lowest BCUT2D eigenvalue weighted by Crippen LogP contribution is -2.52. The van der Waals surface area contributed by atoms with Gasteiger partial charge in [0.15, 0.2) is 0 Å². The van der Waals surface area contributed by atoms with E-state index in [1.54, 1.807) is 0 Å². The smallest absolute Gasteiger partial charge is 0.0616 e. The van der Waals surface area contributed by atoms with E-state index < -0.39 is 0 Å². The van der Waals surface area contributed by atoms with E-state index in [0.29, 0.717) is 12.5 Å². The molecule has 1 aliphatic carbocycles. The van der Waals surface area contributed by atoms with Gasteiger partial charge in [-0.25, -0.2) is 0 Å². The predicted molar refractivity (Wildman–Crippen MR) is 84.9 cm³/mol. The molecule has 0 aromatic rings. The number of rotatable bonds is 7. The molecule has 0 bridgehead atoms. The summed E-state index contributed by atoms with van der Waals surface area (Å²) in [7, 11) is 0. The molecule has 3 nitrogen and oxygen atoms in total. The number of nitrogens with one attached hydrogen (secondary N) is 1. The van der Waals surface area contributed by atoms with Crippen molar-refractivity contribution in [2.24, 2.45) is 11.8 Å². The summed E-state index contributed by atoms with van der Waals surface area (Å²) < 4.78 is 0. The van der Waals surface area contributed by atoms with Gasteiger partial charge in [-0.05, 0) is 70.1 Å². The maximum atomic E-state index is 9.85. The van der Waals surface area contributed by atoms with Gasteiger partial charge in [-0.2, -0.15) is 0 Å². The maximum absolute atomic E-state index is 9.85. The predicted octanol–water partition coefficient (Wildman–Crippen LogP) is 2.64. The topological polar surface area (TPSA) is 35.5 Å². The van der Waals surface area contributed by atoms with E-state index in [-0.39, 0.29) is 5.54 Å². The highest BCUT2D eigenvalue weighted by atomic mass is 16.3. The van der Waals surface area contributed by atoms with Crippen LogP contribution in [-0.4, -0.2) is 48.3 Å². The van der Waals surface area contributed by atoms with Gasteiger partial charge >= 0.3 is 0 Å². The summed E-state index contributed by atoms with van der Waals surface area (Å²) in [5, 5.41) is 13.4. The fourth-order valence-electron chi connectivity index (χ4n) is 4.37. The first-order valence-electron chi connectivity index (χ1n) is 8.82. The van der Waals surface area contributed by atoms with Crippen molar-refractivity contribution in [2.75, 3.05) is 32.8 Å². The van der Waals surface area contributed by atoms with Crippen LogP contribution in [0.15, 0.2) is 0 Å². The molecule has 3 heteroatoms. The Balaban J connectivity index is 1.78. The van der Waals surface area contributed by atoms with Crippen molar-refractivity contribution < 1.29 is 5.11 Å². The van der Waals surface area contributed by atoms with Crippen molar-refractivity contribution in [3.63, 3.8) is 0 Å². The molecule has 1 saturated carbocycles. The Hall–Kier alpha value is -0.120. The van der Waals surface area contributed by atoms with Crippen LogP contribution in [0.3, 0.4) is 0 Å². The van der Waals surface area contributed by atoms with Crippen molar-refractivity contribution in [3.8, 4) is 0 Å². The maximum Gasteiger partial charge on any atom is 0.0616 e. The highest BCUT2D eigenvalue weighted by Gasteiger charge is 2.41. The molecule has 2 unspecified atom stereocenters. The molecule has 118 valence electrons. The molecule has 1 heterocycles. The molecule has 2 N–H and O–H groups in total. The highest BCUT2D eigenvalue weighted by molar-refractivity contribution is 4.99. The molecule has 1 aliphatic heterocycles. The number of aliphatic hydroxyl groups is 1. The number of likely N-dealkylation sites (tertiary alicyclic amines) is 1. The van der Waals surface area contributed by atoms with Gasteiger partial charge in [-0.15, -0.1) is 0 Å². The van der Waals surface area contributed by atoms with Crippen molar-refractivity contribution in [2.45, 2.75) is 64.3 Å². The van der Waals surface area contributed by atoms with Crippen LogP contribution in [0, 0.1) is 11.8 Å². The summed E-state index contributed by atoms with van der Waals surface area (Å²) in [5.41, 5.74) is 0.0243. The van der Waals surface area contributed by atoms with Gasteiger partial charge in [0.1, 0.15) is 0 Å². The van der Waals surface area contributed by atoms with E-state index in [1.165, 1.54) is 58.2 Å². The van der Waals surface area contributed by atoms with Crippen LogP contribution in [0.25, 0.3) is 0 Å². The number of piperidine rings is 1. The van der Waals surface area contributed by atoms with E-state index >= 15 is 0 Å². The average Bonchev–Trinajstić information content (AvgIpc) is 2.89. The summed E-state index contributed by atoms with van der Waals surface area (Å²) >= 11 is 0. The van der Waals surface area contributed by atoms with Gasteiger partial charge in [0.2, 0.25) is 0 Å². The van der Waals surface area contributed by atoms with Crippen molar-refractivity contribution in [1.29, 1.82) is 0 Å². The fourth-order valence-corrected chi connectivity index (χ4v) is 4.37. The minimum atomic E-state index is 0.0243. The molecule has 2 rings (SSSR count). The average molecular weight is 282 g/mol. The third-order valence-corrected chi connectivity index (χ3v) is 5.85. The molecule has 0 radical (unpaired) electrons. The second kappa shape index (κ2) is 7.77. The minimum Gasteiger partial charge on any atom is -0.394 e. The van der Waals surface area contributed by atoms with E-state index in [2.05, 4.69) is 24.1 Å². The monoisotopic (exact) mass is 282 g/mol. The van der Waals surface area contributed by atoms with E-state index in [0.717, 1.165) is 18.9 Å². The third kappa shape index (κ3) is 3.75. The third-order valence-electron chi connectivity index (χ3n) is 5.85. The lowest BCUT2D eigenvalue weighted by atomic mass is 9.84. The number of hydrogen-bond donors (Lipinski definition) is 2. The van der Waals surface area contributed by atoms with Gasteiger partial charge in [-0.1, -0.05) is 26.7 Å². The zero-order valence-electron chi connectivity index (χ0n) is 13.5. The van der Waals surface area contributed by atoms with Crippen molar-refractivity contribution in [1.82, 2.24) is 10.2 Å². The largest absolute Gasteiger partial charge is 0.394 e. The van der Waals surface area contributed by atoms with Crippen molar-refractivity contribution >= 4 is 0 Å². The van der Waals surface area contributed by atoms with Gasteiger partial charge in [0.05, 0.1) is 6.61 Å². The number of hydrogen-bond acceptors (Lipinski definition) is 3. The second-order valence-corrected chi connectivity index (χ2v) is 6.92. The summed E-state index contributed by atoms with van der Waals surface area (Å²) in [5.74, 6) is 1.63. The van der Waals surface area contributed by atoms with Gasteiger partial charge in [0, 0.05) is 5.54 Å². The first-order chi connectivity index (χ1) is 9.74. The lowest BCUT2D eigenvalue weighted by molar-refractivity contribution is 0.105. The van der Waals surface area contributed by atoms with Crippen LogP contribution in [0.4, 0.5) is 0 Å². The van der Waals surface area contributed by atoms with Gasteiger partial charge < -0.3 is 15.3 Å². The lowest BCUT2D eigenvalue weighted by Gasteiger charge is -2.37. The van der Waals surface area contributed by atoms with Crippen LogP contribution >= 0.6 is 0 Å². The Kier molecular flexibility index (Phi) is 6.31. The Morgan fingerprint density at radius 2 is 1.95 bits per heavy atom. The molecule has 0 aromatic carbocycles. The molecule has 0 aromatic heterocycles. The number of likely N-dealkylation sites (N-methyl/N-ethyl adjacent to an activating group) is 1. The number of aliphatic hydroxyl groups excluding tert-OH is 1. The van der Waals surface area contributed by atoms with Crippen molar-refractivity contribution in [3.05, 3.63) is 0 Å². The molecule has 0 spiro atoms. The molecule has 2 atom stereocenters. The van der Waals surface area contributed by atoms with Gasteiger partial charge in [0.25, 0.3) is 0 Å². The van der Waals surface area contributed by atoms with Crippen LogP contribution in [0.2, 0.25) is 0 Å². The Bertz CT molecular complexity index is 276.